The predicted molar refractivity (Wildman–Crippen MR) is 125 cm³/mol. The number of halogens is 1. The summed E-state index contributed by atoms with van der Waals surface area (Å²) in [6.07, 6.45) is 0. The molecule has 3 rings (SSSR count). The third-order valence-corrected chi connectivity index (χ3v) is 4.69. The summed E-state index contributed by atoms with van der Waals surface area (Å²) in [5, 5.41) is 3.14. The Labute approximate surface area is 184 Å². The Morgan fingerprint density at radius 3 is 2.68 bits per heavy atom. The van der Waals surface area contributed by atoms with E-state index in [1.54, 1.807) is 7.11 Å². The number of rotatable bonds is 6. The molecule has 1 aliphatic heterocycles. The summed E-state index contributed by atoms with van der Waals surface area (Å²) >= 11 is 0. The molecule has 1 atom stereocenters. The van der Waals surface area contributed by atoms with Crippen LogP contribution in [-0.4, -0.2) is 50.8 Å². The first kappa shape index (κ1) is 22.4. The Bertz CT molecular complexity index is 779. The maximum absolute atomic E-state index is 6.14. The number of benzene rings is 2. The highest BCUT2D eigenvalue weighted by molar-refractivity contribution is 14.0. The fourth-order valence-corrected chi connectivity index (χ4v) is 3.27. The van der Waals surface area contributed by atoms with Crippen molar-refractivity contribution in [3.63, 3.8) is 0 Å². The van der Waals surface area contributed by atoms with Crippen LogP contribution in [-0.2, 0) is 4.74 Å². The molecule has 2 aromatic rings. The molecule has 152 valence electrons. The van der Waals surface area contributed by atoms with E-state index in [1.807, 2.05) is 24.3 Å². The zero-order chi connectivity index (χ0) is 19.1. The highest BCUT2D eigenvalue weighted by Crippen LogP contribution is 2.23. The van der Waals surface area contributed by atoms with Gasteiger partial charge in [0.15, 0.2) is 5.96 Å². The van der Waals surface area contributed by atoms with Crippen LogP contribution in [0.4, 0.5) is 5.69 Å². The molecule has 2 aromatic carbocycles. The number of nitrogens with one attached hydrogen (secondary N) is 1. The van der Waals surface area contributed by atoms with Crippen molar-refractivity contribution in [2.75, 3.05) is 45.3 Å². The van der Waals surface area contributed by atoms with E-state index in [1.165, 1.54) is 11.1 Å². The largest absolute Gasteiger partial charge is 0.497 e. The minimum Gasteiger partial charge on any atom is -0.497 e. The number of aliphatic imine (C=N–C) groups is 1. The van der Waals surface area contributed by atoms with Gasteiger partial charge in [-0.15, -0.1) is 24.0 Å². The van der Waals surface area contributed by atoms with Gasteiger partial charge in [0, 0.05) is 24.8 Å². The van der Waals surface area contributed by atoms with Crippen molar-refractivity contribution in [2.45, 2.75) is 13.0 Å². The molecule has 28 heavy (non-hydrogen) atoms. The number of hydrogen-bond acceptors (Lipinski definition) is 4. The van der Waals surface area contributed by atoms with Crippen molar-refractivity contribution in [1.29, 1.82) is 0 Å². The van der Waals surface area contributed by atoms with Crippen LogP contribution in [0.3, 0.4) is 0 Å². The quantitative estimate of drug-likeness (QED) is 0.365. The topological polar surface area (TPSA) is 72.1 Å². The standard InChI is InChI=1S/C21H28N4O2.HI/c1-16-5-3-6-17(13-16)20(25-9-11-27-12-10-25)15-23-21(22)24-18-7-4-8-19(14-18)26-2;/h3-8,13-14,20H,9-12,15H2,1-2H3,(H3,22,23,24);1H. The average Bonchev–Trinajstić information content (AvgIpc) is 2.69. The average molecular weight is 496 g/mol. The highest BCUT2D eigenvalue weighted by Gasteiger charge is 2.22. The van der Waals surface area contributed by atoms with Crippen LogP contribution in [0.25, 0.3) is 0 Å². The minimum absolute atomic E-state index is 0. The SMILES string of the molecule is COc1cccc(NC(N)=NCC(c2cccc(C)c2)N2CCOCC2)c1.I. The van der Waals surface area contributed by atoms with Crippen molar-refractivity contribution >= 4 is 35.6 Å². The van der Waals surface area contributed by atoms with Crippen LogP contribution in [0.2, 0.25) is 0 Å². The van der Waals surface area contributed by atoms with E-state index >= 15 is 0 Å². The van der Waals surface area contributed by atoms with E-state index in [0.717, 1.165) is 37.7 Å². The molecule has 1 aliphatic rings. The number of morpholine rings is 1. The zero-order valence-corrected chi connectivity index (χ0v) is 18.8. The molecular formula is C21H29IN4O2. The van der Waals surface area contributed by atoms with Gasteiger partial charge >= 0.3 is 0 Å². The minimum atomic E-state index is 0. The molecule has 0 aliphatic carbocycles. The van der Waals surface area contributed by atoms with Crippen LogP contribution in [0, 0.1) is 6.92 Å². The maximum atomic E-state index is 6.14. The predicted octanol–water partition coefficient (Wildman–Crippen LogP) is 3.42. The second-order valence-electron chi connectivity index (χ2n) is 6.66. The Balaban J connectivity index is 0.00000280. The van der Waals surface area contributed by atoms with E-state index in [4.69, 9.17) is 15.2 Å². The zero-order valence-electron chi connectivity index (χ0n) is 16.4. The van der Waals surface area contributed by atoms with Crippen LogP contribution in [0.1, 0.15) is 17.2 Å². The molecule has 6 nitrogen and oxygen atoms in total. The van der Waals surface area contributed by atoms with Crippen LogP contribution in [0.5, 0.6) is 5.75 Å². The summed E-state index contributed by atoms with van der Waals surface area (Å²) in [6.45, 7) is 6.01. The van der Waals surface area contributed by atoms with Gasteiger partial charge in [-0.2, -0.15) is 0 Å². The third-order valence-electron chi connectivity index (χ3n) is 4.69. The second-order valence-corrected chi connectivity index (χ2v) is 6.66. The molecule has 1 fully saturated rings. The van der Waals surface area contributed by atoms with Gasteiger partial charge in [0.05, 0.1) is 32.9 Å². The van der Waals surface area contributed by atoms with Gasteiger partial charge in [-0.05, 0) is 24.6 Å². The normalized spacial score (nSPS) is 16.1. The van der Waals surface area contributed by atoms with Gasteiger partial charge in [0.25, 0.3) is 0 Å². The molecule has 0 aromatic heterocycles. The molecule has 1 saturated heterocycles. The smallest absolute Gasteiger partial charge is 0.193 e. The van der Waals surface area contributed by atoms with Crippen molar-refractivity contribution in [3.05, 3.63) is 59.7 Å². The fourth-order valence-electron chi connectivity index (χ4n) is 3.27. The summed E-state index contributed by atoms with van der Waals surface area (Å²) in [5.41, 5.74) is 9.50. The number of guanidine groups is 1. The van der Waals surface area contributed by atoms with Crippen LogP contribution < -0.4 is 15.8 Å². The Hall–Kier alpha value is -1.84. The van der Waals surface area contributed by atoms with Crippen molar-refractivity contribution in [3.8, 4) is 5.75 Å². The van der Waals surface area contributed by atoms with Crippen molar-refractivity contribution in [1.82, 2.24) is 4.90 Å². The summed E-state index contributed by atoms with van der Waals surface area (Å²) in [4.78, 5) is 7.03. The van der Waals surface area contributed by atoms with Crippen molar-refractivity contribution < 1.29 is 9.47 Å². The fraction of sp³-hybridized carbons (Fsp3) is 0.381. The second kappa shape index (κ2) is 11.2. The van der Waals surface area contributed by atoms with E-state index in [0.29, 0.717) is 12.5 Å². The maximum Gasteiger partial charge on any atom is 0.193 e. The summed E-state index contributed by atoms with van der Waals surface area (Å²) in [6, 6.07) is 16.4. The number of anilines is 1. The van der Waals surface area contributed by atoms with Gasteiger partial charge in [-0.3, -0.25) is 9.89 Å². The molecule has 0 radical (unpaired) electrons. The first-order valence-corrected chi connectivity index (χ1v) is 9.25. The van der Waals surface area contributed by atoms with Crippen LogP contribution >= 0.6 is 24.0 Å². The van der Waals surface area contributed by atoms with E-state index < -0.39 is 0 Å². The lowest BCUT2D eigenvalue weighted by molar-refractivity contribution is 0.0180. The first-order valence-electron chi connectivity index (χ1n) is 9.25. The van der Waals surface area contributed by atoms with Gasteiger partial charge < -0.3 is 20.5 Å². The summed E-state index contributed by atoms with van der Waals surface area (Å²) in [5.74, 6) is 1.17. The number of methoxy groups -OCH3 is 1. The number of aryl methyl sites for hydroxylation is 1. The molecule has 7 heteroatoms. The molecule has 1 unspecified atom stereocenters. The first-order chi connectivity index (χ1) is 13.2. The van der Waals surface area contributed by atoms with E-state index in [9.17, 15) is 0 Å². The van der Waals surface area contributed by atoms with Crippen LogP contribution in [0.15, 0.2) is 53.5 Å². The lowest BCUT2D eigenvalue weighted by Gasteiger charge is -2.34. The molecule has 0 saturated carbocycles. The molecular weight excluding hydrogens is 467 g/mol. The van der Waals surface area contributed by atoms with Gasteiger partial charge in [-0.1, -0.05) is 35.9 Å². The molecule has 0 spiro atoms. The Kier molecular flexibility index (Phi) is 9.01. The Morgan fingerprint density at radius 2 is 1.96 bits per heavy atom. The summed E-state index contributed by atoms with van der Waals surface area (Å²) in [7, 11) is 1.64. The third kappa shape index (κ3) is 6.35. The molecule has 3 N–H and O–H groups in total. The number of nitrogens with two attached hydrogens (primary N) is 1. The number of hydrogen-bond donors (Lipinski definition) is 2. The van der Waals surface area contributed by atoms with Gasteiger partial charge in [0.2, 0.25) is 0 Å². The monoisotopic (exact) mass is 496 g/mol. The number of nitrogens with zero attached hydrogens (tertiary/aromatic N) is 2. The molecule has 0 amide bonds. The summed E-state index contributed by atoms with van der Waals surface area (Å²) < 4.78 is 10.8. The molecule has 1 heterocycles. The van der Waals surface area contributed by atoms with Gasteiger partial charge in [-0.25, -0.2) is 0 Å². The molecule has 0 bridgehead atoms. The van der Waals surface area contributed by atoms with E-state index in [-0.39, 0.29) is 30.0 Å². The lowest BCUT2D eigenvalue weighted by atomic mass is 10.0. The van der Waals surface area contributed by atoms with E-state index in [2.05, 4.69) is 46.4 Å². The number of ether oxygens (including phenoxy) is 2. The van der Waals surface area contributed by atoms with Gasteiger partial charge in [0.1, 0.15) is 5.75 Å². The van der Waals surface area contributed by atoms with Crippen molar-refractivity contribution in [2.24, 2.45) is 10.7 Å². The highest BCUT2D eigenvalue weighted by atomic mass is 127. The Morgan fingerprint density at radius 1 is 1.21 bits per heavy atom. The lowest BCUT2D eigenvalue weighted by Crippen LogP contribution is -2.40.